The standard InChI is InChI=1S/C14H30N2O3/c1-13(2)14-12-16(5-4-15-14)6-7-18-10-11-19-9-8-17-3/h13-15H,4-12H2,1-3H3. The Bertz CT molecular complexity index is 215. The molecule has 1 N–H and O–H groups in total. The molecule has 0 radical (unpaired) electrons. The van der Waals surface area contributed by atoms with Gasteiger partial charge in [0.2, 0.25) is 0 Å². The zero-order valence-electron chi connectivity index (χ0n) is 12.7. The van der Waals surface area contributed by atoms with Crippen LogP contribution in [0.5, 0.6) is 0 Å². The molecule has 19 heavy (non-hydrogen) atoms. The van der Waals surface area contributed by atoms with E-state index < -0.39 is 0 Å². The van der Waals surface area contributed by atoms with Crippen LogP contribution in [0.3, 0.4) is 0 Å². The first kappa shape index (κ1) is 16.9. The molecule has 1 unspecified atom stereocenters. The predicted molar refractivity (Wildman–Crippen MR) is 76.6 cm³/mol. The zero-order chi connectivity index (χ0) is 13.9. The molecule has 1 rings (SSSR count). The number of hydrogen-bond donors (Lipinski definition) is 1. The Morgan fingerprint density at radius 2 is 1.79 bits per heavy atom. The minimum absolute atomic E-state index is 0.617. The summed E-state index contributed by atoms with van der Waals surface area (Å²) >= 11 is 0. The number of rotatable bonds is 10. The summed E-state index contributed by atoms with van der Waals surface area (Å²) in [7, 11) is 1.68. The van der Waals surface area contributed by atoms with Gasteiger partial charge in [0.1, 0.15) is 0 Å². The summed E-state index contributed by atoms with van der Waals surface area (Å²) in [6.07, 6.45) is 0. The van der Waals surface area contributed by atoms with Crippen LogP contribution in [0.25, 0.3) is 0 Å². The highest BCUT2D eigenvalue weighted by molar-refractivity contribution is 4.80. The van der Waals surface area contributed by atoms with Crippen molar-refractivity contribution < 1.29 is 14.2 Å². The third kappa shape index (κ3) is 7.84. The molecule has 5 heteroatoms. The van der Waals surface area contributed by atoms with E-state index in [-0.39, 0.29) is 0 Å². The molecule has 1 saturated heterocycles. The average Bonchev–Trinajstić information content (AvgIpc) is 2.42. The lowest BCUT2D eigenvalue weighted by molar-refractivity contribution is 0.0171. The topological polar surface area (TPSA) is 43.0 Å². The van der Waals surface area contributed by atoms with Gasteiger partial charge < -0.3 is 19.5 Å². The van der Waals surface area contributed by atoms with E-state index in [1.807, 2.05) is 0 Å². The van der Waals surface area contributed by atoms with Gasteiger partial charge in [-0.3, -0.25) is 4.90 Å². The Hall–Kier alpha value is -0.200. The summed E-state index contributed by atoms with van der Waals surface area (Å²) in [6.45, 7) is 12.3. The van der Waals surface area contributed by atoms with Crippen molar-refractivity contribution in [3.8, 4) is 0 Å². The third-order valence-corrected chi connectivity index (χ3v) is 3.45. The highest BCUT2D eigenvalue weighted by Crippen LogP contribution is 2.07. The van der Waals surface area contributed by atoms with Gasteiger partial charge in [0.15, 0.2) is 0 Å². The molecule has 5 nitrogen and oxygen atoms in total. The maximum atomic E-state index is 5.58. The van der Waals surface area contributed by atoms with E-state index in [4.69, 9.17) is 14.2 Å². The fourth-order valence-corrected chi connectivity index (χ4v) is 2.15. The Balaban J connectivity index is 1.94. The summed E-state index contributed by atoms with van der Waals surface area (Å²) in [5.41, 5.74) is 0. The Morgan fingerprint density at radius 3 is 2.47 bits per heavy atom. The van der Waals surface area contributed by atoms with Crippen molar-refractivity contribution in [2.45, 2.75) is 19.9 Å². The summed E-state index contributed by atoms with van der Waals surface area (Å²) < 4.78 is 15.8. The molecule has 0 aliphatic carbocycles. The zero-order valence-corrected chi connectivity index (χ0v) is 12.7. The largest absolute Gasteiger partial charge is 0.382 e. The number of nitrogens with one attached hydrogen (secondary N) is 1. The van der Waals surface area contributed by atoms with Crippen molar-refractivity contribution >= 4 is 0 Å². The monoisotopic (exact) mass is 274 g/mol. The first-order chi connectivity index (χ1) is 9.24. The number of hydrogen-bond acceptors (Lipinski definition) is 5. The summed E-state index contributed by atoms with van der Waals surface area (Å²) in [6, 6.07) is 0.617. The van der Waals surface area contributed by atoms with Crippen LogP contribution >= 0.6 is 0 Å². The van der Waals surface area contributed by atoms with Gasteiger partial charge in [-0.1, -0.05) is 13.8 Å². The molecule has 1 aliphatic rings. The van der Waals surface area contributed by atoms with Crippen molar-refractivity contribution in [1.29, 1.82) is 0 Å². The van der Waals surface area contributed by atoms with Gasteiger partial charge in [0.25, 0.3) is 0 Å². The van der Waals surface area contributed by atoms with Crippen molar-refractivity contribution in [3.63, 3.8) is 0 Å². The molecular weight excluding hydrogens is 244 g/mol. The molecule has 1 fully saturated rings. The number of methoxy groups -OCH3 is 1. The number of ether oxygens (including phenoxy) is 3. The molecule has 0 aromatic heterocycles. The third-order valence-electron chi connectivity index (χ3n) is 3.45. The second kappa shape index (κ2) is 10.6. The van der Waals surface area contributed by atoms with Gasteiger partial charge >= 0.3 is 0 Å². The average molecular weight is 274 g/mol. The maximum absolute atomic E-state index is 5.58. The van der Waals surface area contributed by atoms with Crippen LogP contribution in [0.2, 0.25) is 0 Å². The van der Waals surface area contributed by atoms with E-state index >= 15 is 0 Å². The minimum Gasteiger partial charge on any atom is -0.382 e. The maximum Gasteiger partial charge on any atom is 0.0701 e. The molecule has 1 aliphatic heterocycles. The van der Waals surface area contributed by atoms with E-state index in [2.05, 4.69) is 24.1 Å². The van der Waals surface area contributed by atoms with Gasteiger partial charge in [-0.05, 0) is 5.92 Å². The second-order valence-corrected chi connectivity index (χ2v) is 5.32. The minimum atomic E-state index is 0.617. The molecule has 0 saturated carbocycles. The quantitative estimate of drug-likeness (QED) is 0.591. The van der Waals surface area contributed by atoms with Crippen molar-refractivity contribution in [2.24, 2.45) is 5.92 Å². The number of piperazine rings is 1. The normalized spacial score (nSPS) is 21.2. The molecule has 0 aromatic rings. The fourth-order valence-electron chi connectivity index (χ4n) is 2.15. The summed E-state index contributed by atoms with van der Waals surface area (Å²) in [5, 5.41) is 3.56. The summed E-state index contributed by atoms with van der Waals surface area (Å²) in [5.74, 6) is 0.693. The predicted octanol–water partition coefficient (Wildman–Crippen LogP) is 0.596. The van der Waals surface area contributed by atoms with Crippen LogP contribution in [0.4, 0.5) is 0 Å². The Morgan fingerprint density at radius 1 is 1.11 bits per heavy atom. The summed E-state index contributed by atoms with van der Waals surface area (Å²) in [4.78, 5) is 2.48. The van der Waals surface area contributed by atoms with E-state index in [1.165, 1.54) is 0 Å². The first-order valence-electron chi connectivity index (χ1n) is 7.34. The molecule has 0 amide bonds. The molecule has 1 heterocycles. The van der Waals surface area contributed by atoms with Gasteiger partial charge in [0.05, 0.1) is 33.0 Å². The van der Waals surface area contributed by atoms with Crippen LogP contribution in [0.15, 0.2) is 0 Å². The number of nitrogens with zero attached hydrogens (tertiary/aromatic N) is 1. The second-order valence-electron chi connectivity index (χ2n) is 5.32. The highest BCUT2D eigenvalue weighted by atomic mass is 16.5. The van der Waals surface area contributed by atoms with E-state index in [1.54, 1.807) is 7.11 Å². The van der Waals surface area contributed by atoms with Gasteiger partial charge in [-0.25, -0.2) is 0 Å². The molecule has 1 atom stereocenters. The van der Waals surface area contributed by atoms with E-state index in [0.29, 0.717) is 38.4 Å². The van der Waals surface area contributed by atoms with Crippen molar-refractivity contribution in [3.05, 3.63) is 0 Å². The fraction of sp³-hybridized carbons (Fsp3) is 1.00. The van der Waals surface area contributed by atoms with Gasteiger partial charge in [-0.15, -0.1) is 0 Å². The van der Waals surface area contributed by atoms with Gasteiger partial charge in [-0.2, -0.15) is 0 Å². The van der Waals surface area contributed by atoms with Crippen LogP contribution < -0.4 is 5.32 Å². The van der Waals surface area contributed by atoms with Crippen LogP contribution in [-0.2, 0) is 14.2 Å². The Labute approximate surface area is 117 Å². The molecule has 0 aromatic carbocycles. The van der Waals surface area contributed by atoms with Crippen molar-refractivity contribution in [1.82, 2.24) is 10.2 Å². The lowest BCUT2D eigenvalue weighted by Crippen LogP contribution is -2.53. The molecule has 0 bridgehead atoms. The highest BCUT2D eigenvalue weighted by Gasteiger charge is 2.20. The van der Waals surface area contributed by atoms with Crippen LogP contribution in [0, 0.1) is 5.92 Å². The van der Waals surface area contributed by atoms with Crippen LogP contribution in [-0.4, -0.2) is 77.3 Å². The van der Waals surface area contributed by atoms with Crippen molar-refractivity contribution in [2.75, 3.05) is 66.3 Å². The lowest BCUT2D eigenvalue weighted by atomic mass is 10.0. The SMILES string of the molecule is COCCOCCOCCN1CCNC(C(C)C)C1. The smallest absolute Gasteiger partial charge is 0.0701 e. The lowest BCUT2D eigenvalue weighted by Gasteiger charge is -2.35. The van der Waals surface area contributed by atoms with Gasteiger partial charge in [0, 0.05) is 39.3 Å². The van der Waals surface area contributed by atoms with E-state index in [0.717, 1.165) is 32.8 Å². The first-order valence-corrected chi connectivity index (χ1v) is 7.34. The van der Waals surface area contributed by atoms with E-state index in [9.17, 15) is 0 Å². The Kier molecular flexibility index (Phi) is 9.38. The molecule has 114 valence electrons. The molecule has 0 spiro atoms. The molecular formula is C14H30N2O3. The van der Waals surface area contributed by atoms with Crippen LogP contribution in [0.1, 0.15) is 13.8 Å².